The topological polar surface area (TPSA) is 68.0 Å². The third-order valence-corrected chi connectivity index (χ3v) is 5.24. The number of pyridine rings is 1. The predicted molar refractivity (Wildman–Crippen MR) is 112 cm³/mol. The number of nitrogens with one attached hydrogen (secondary N) is 1. The molecule has 4 nitrogen and oxygen atoms in total. The maximum absolute atomic E-state index is 12.6. The Kier molecular flexibility index (Phi) is 5.20. The van der Waals surface area contributed by atoms with Gasteiger partial charge in [-0.1, -0.05) is 12.1 Å². The molecule has 1 aliphatic rings. The van der Waals surface area contributed by atoms with Gasteiger partial charge in [-0.05, 0) is 73.2 Å². The normalized spacial score (nSPS) is 14.1. The summed E-state index contributed by atoms with van der Waals surface area (Å²) < 4.78 is 37.8. The Morgan fingerprint density at radius 2 is 1.80 bits per heavy atom. The lowest BCUT2D eigenvalue weighted by Gasteiger charge is -2.18. The first-order chi connectivity index (χ1) is 14.3. The molecule has 0 aliphatic heterocycles. The molecule has 0 spiro atoms. The van der Waals surface area contributed by atoms with Gasteiger partial charge in [-0.15, -0.1) is 0 Å². The van der Waals surface area contributed by atoms with E-state index in [0.717, 1.165) is 60.0 Å². The van der Waals surface area contributed by atoms with Crippen LogP contribution in [0.15, 0.2) is 48.5 Å². The molecule has 1 amide bonds. The molecule has 0 fully saturated rings. The summed E-state index contributed by atoms with van der Waals surface area (Å²) in [4.78, 5) is 17.0. The summed E-state index contributed by atoms with van der Waals surface area (Å²) >= 11 is 0. The first-order valence-corrected chi connectivity index (χ1v) is 9.68. The summed E-state index contributed by atoms with van der Waals surface area (Å²) in [6.07, 6.45) is 2.41. The molecule has 1 aliphatic carbocycles. The maximum atomic E-state index is 12.6. The average molecular weight is 411 g/mol. The van der Waals surface area contributed by atoms with Gasteiger partial charge in [-0.3, -0.25) is 9.78 Å². The van der Waals surface area contributed by atoms with Crippen LogP contribution in [0.1, 0.15) is 35.2 Å². The van der Waals surface area contributed by atoms with Crippen molar-refractivity contribution in [2.24, 2.45) is 0 Å². The van der Waals surface area contributed by atoms with Gasteiger partial charge >= 0.3 is 6.18 Å². The number of halogens is 3. The Morgan fingerprint density at radius 3 is 2.53 bits per heavy atom. The largest absolute Gasteiger partial charge is 0.416 e. The summed E-state index contributed by atoms with van der Waals surface area (Å²) in [5, 5.41) is 3.56. The van der Waals surface area contributed by atoms with Crippen molar-refractivity contribution in [2.45, 2.75) is 31.9 Å². The van der Waals surface area contributed by atoms with Crippen molar-refractivity contribution < 1.29 is 18.0 Å². The minimum absolute atomic E-state index is 0.390. The van der Waals surface area contributed by atoms with Crippen LogP contribution in [-0.4, -0.2) is 10.9 Å². The van der Waals surface area contributed by atoms with Gasteiger partial charge in [-0.25, -0.2) is 0 Å². The quantitative estimate of drug-likeness (QED) is 0.570. The van der Waals surface area contributed by atoms with Gasteiger partial charge in [-0.2, -0.15) is 13.2 Å². The molecule has 0 atom stereocenters. The number of carbonyl (C=O) groups is 1. The molecule has 1 heterocycles. The van der Waals surface area contributed by atoms with E-state index < -0.39 is 17.6 Å². The number of aryl methyl sites for hydroxylation is 1. The Morgan fingerprint density at radius 1 is 1.07 bits per heavy atom. The third-order valence-electron chi connectivity index (χ3n) is 5.24. The highest BCUT2D eigenvalue weighted by atomic mass is 19.4. The van der Waals surface area contributed by atoms with Crippen LogP contribution >= 0.6 is 0 Å². The SMILES string of the molecule is Nc1c2c(nc3ccc(NC(=O)/C=C/c4ccc(C(F)(F)F)cc4)cc13)CCCC2. The zero-order valence-electron chi connectivity index (χ0n) is 16.1. The summed E-state index contributed by atoms with van der Waals surface area (Å²) in [5.74, 6) is -0.390. The van der Waals surface area contributed by atoms with E-state index in [1.165, 1.54) is 24.3 Å². The number of carbonyl (C=O) groups excluding carboxylic acids is 1. The van der Waals surface area contributed by atoms with E-state index in [-0.39, 0.29) is 0 Å². The number of nitrogens with zero attached hydrogens (tertiary/aromatic N) is 1. The van der Waals surface area contributed by atoms with Crippen LogP contribution in [0.5, 0.6) is 0 Å². The number of rotatable bonds is 3. The van der Waals surface area contributed by atoms with E-state index in [1.807, 2.05) is 6.07 Å². The second kappa shape index (κ2) is 7.82. The van der Waals surface area contributed by atoms with Crippen LogP contribution in [-0.2, 0) is 23.8 Å². The fourth-order valence-electron chi connectivity index (χ4n) is 3.68. The zero-order chi connectivity index (χ0) is 21.3. The Labute approximate surface area is 171 Å². The minimum Gasteiger partial charge on any atom is -0.398 e. The van der Waals surface area contributed by atoms with Gasteiger partial charge in [0, 0.05) is 28.5 Å². The molecule has 30 heavy (non-hydrogen) atoms. The Balaban J connectivity index is 1.50. The van der Waals surface area contributed by atoms with Crippen LogP contribution in [0.3, 0.4) is 0 Å². The van der Waals surface area contributed by atoms with Gasteiger partial charge in [0.25, 0.3) is 0 Å². The molecule has 3 N–H and O–H groups in total. The number of benzene rings is 2. The molecule has 0 saturated heterocycles. The van der Waals surface area contributed by atoms with Crippen molar-refractivity contribution in [3.05, 3.63) is 70.9 Å². The van der Waals surface area contributed by atoms with Crippen molar-refractivity contribution in [1.29, 1.82) is 0 Å². The van der Waals surface area contributed by atoms with E-state index in [4.69, 9.17) is 10.7 Å². The first-order valence-electron chi connectivity index (χ1n) is 9.68. The number of hydrogen-bond acceptors (Lipinski definition) is 3. The molecule has 0 unspecified atom stereocenters. The minimum atomic E-state index is -4.38. The number of hydrogen-bond donors (Lipinski definition) is 2. The molecule has 154 valence electrons. The zero-order valence-corrected chi connectivity index (χ0v) is 16.1. The van der Waals surface area contributed by atoms with Crippen molar-refractivity contribution in [2.75, 3.05) is 11.1 Å². The van der Waals surface area contributed by atoms with Gasteiger partial charge < -0.3 is 11.1 Å². The number of amides is 1. The first kappa shape index (κ1) is 19.9. The van der Waals surface area contributed by atoms with E-state index in [1.54, 1.807) is 12.1 Å². The lowest BCUT2D eigenvalue weighted by atomic mass is 9.93. The molecule has 3 aromatic rings. The van der Waals surface area contributed by atoms with E-state index in [9.17, 15) is 18.0 Å². The standard InChI is InChI=1S/C23H20F3N3O/c24-23(25,26)15-8-5-14(6-9-15)7-12-21(30)28-16-10-11-20-18(13-16)22(27)17-3-1-2-4-19(17)29-20/h5-13H,1-4H2,(H2,27,29)(H,28,30)/b12-7+. The molecule has 0 saturated carbocycles. The van der Waals surface area contributed by atoms with Gasteiger partial charge in [0.05, 0.1) is 11.1 Å². The predicted octanol–water partition coefficient (Wildman–Crippen LogP) is 5.37. The van der Waals surface area contributed by atoms with Gasteiger partial charge in [0.2, 0.25) is 5.91 Å². The van der Waals surface area contributed by atoms with Crippen LogP contribution in [0.2, 0.25) is 0 Å². The van der Waals surface area contributed by atoms with Crippen LogP contribution in [0, 0.1) is 0 Å². The highest BCUT2D eigenvalue weighted by molar-refractivity contribution is 6.04. The van der Waals surface area contributed by atoms with Gasteiger partial charge in [0.1, 0.15) is 0 Å². The molecule has 1 aromatic heterocycles. The van der Waals surface area contributed by atoms with Gasteiger partial charge in [0.15, 0.2) is 0 Å². The molecular formula is C23H20F3N3O. The number of anilines is 2. The molecule has 0 bridgehead atoms. The summed E-state index contributed by atoms with van der Waals surface area (Å²) in [7, 11) is 0. The number of aromatic nitrogens is 1. The average Bonchev–Trinajstić information content (AvgIpc) is 2.73. The molecule has 7 heteroatoms. The highest BCUT2D eigenvalue weighted by Crippen LogP contribution is 2.32. The summed E-state index contributed by atoms with van der Waals surface area (Å²) in [6.45, 7) is 0. The lowest BCUT2D eigenvalue weighted by Crippen LogP contribution is -2.10. The second-order valence-electron chi connectivity index (χ2n) is 7.33. The monoisotopic (exact) mass is 411 g/mol. The molecule has 2 aromatic carbocycles. The van der Waals surface area contributed by atoms with Crippen LogP contribution in [0.4, 0.5) is 24.5 Å². The number of nitrogen functional groups attached to an aromatic ring is 1. The number of fused-ring (bicyclic) bond motifs is 2. The fraction of sp³-hybridized carbons (Fsp3) is 0.217. The molecule has 4 rings (SSSR count). The van der Waals surface area contributed by atoms with Crippen molar-refractivity contribution in [1.82, 2.24) is 4.98 Å². The molecular weight excluding hydrogens is 391 g/mol. The number of nitrogens with two attached hydrogens (primary N) is 1. The van der Waals surface area contributed by atoms with Crippen LogP contribution < -0.4 is 11.1 Å². The van der Waals surface area contributed by atoms with E-state index >= 15 is 0 Å². The smallest absolute Gasteiger partial charge is 0.398 e. The maximum Gasteiger partial charge on any atom is 0.416 e. The fourth-order valence-corrected chi connectivity index (χ4v) is 3.68. The Hall–Kier alpha value is -3.35. The van der Waals surface area contributed by atoms with E-state index in [0.29, 0.717) is 16.9 Å². The van der Waals surface area contributed by atoms with Crippen molar-refractivity contribution in [3.8, 4) is 0 Å². The summed E-state index contributed by atoms with van der Waals surface area (Å²) in [5.41, 5.74) is 10.4. The lowest BCUT2D eigenvalue weighted by molar-refractivity contribution is -0.137. The number of alkyl halides is 3. The van der Waals surface area contributed by atoms with E-state index in [2.05, 4.69) is 5.32 Å². The van der Waals surface area contributed by atoms with Crippen LogP contribution in [0.25, 0.3) is 17.0 Å². The molecule has 0 radical (unpaired) electrons. The third kappa shape index (κ3) is 4.15. The van der Waals surface area contributed by atoms with Crippen molar-refractivity contribution in [3.63, 3.8) is 0 Å². The summed E-state index contributed by atoms with van der Waals surface area (Å²) in [6, 6.07) is 9.99. The highest BCUT2D eigenvalue weighted by Gasteiger charge is 2.29. The second-order valence-corrected chi connectivity index (χ2v) is 7.33. The van der Waals surface area contributed by atoms with Crippen molar-refractivity contribution >= 4 is 34.3 Å². The Bertz CT molecular complexity index is 1140.